The monoisotopic (exact) mass is 172 g/mol. The molecule has 56 valence electrons. The number of hydrogen-bond donors (Lipinski definition) is 0. The summed E-state index contributed by atoms with van der Waals surface area (Å²) >= 11 is 3.78. The zero-order valence-electron chi connectivity index (χ0n) is 6.33. The molecule has 0 bridgehead atoms. The average molecular weight is 172 g/mol. The Labute approximate surface area is 70.7 Å². The summed E-state index contributed by atoms with van der Waals surface area (Å²) < 4.78 is 1.44. The quantitative estimate of drug-likeness (QED) is 0.629. The molecule has 0 aliphatic carbocycles. The Kier molecular flexibility index (Phi) is 3.29. The van der Waals surface area contributed by atoms with Gasteiger partial charge in [0, 0.05) is 5.75 Å². The zero-order valence-corrected chi connectivity index (χ0v) is 7.97. The maximum absolute atomic E-state index is 2.25. The summed E-state index contributed by atoms with van der Waals surface area (Å²) in [5.41, 5.74) is 0. The molecule has 0 aliphatic heterocycles. The van der Waals surface area contributed by atoms with Crippen LogP contribution in [0.15, 0.2) is 21.7 Å². The molecular formula is C8H12S2. The van der Waals surface area contributed by atoms with Crippen molar-refractivity contribution in [3.05, 3.63) is 17.5 Å². The van der Waals surface area contributed by atoms with Crippen LogP contribution >= 0.6 is 23.1 Å². The molecule has 0 N–H and O–H groups in total. The summed E-state index contributed by atoms with van der Waals surface area (Å²) in [6, 6.07) is 4.28. The molecule has 1 heterocycles. The van der Waals surface area contributed by atoms with E-state index < -0.39 is 0 Å². The summed E-state index contributed by atoms with van der Waals surface area (Å²) in [5, 5.41) is 2.13. The van der Waals surface area contributed by atoms with E-state index in [2.05, 4.69) is 31.4 Å². The zero-order chi connectivity index (χ0) is 7.40. The Balaban J connectivity index is 2.28. The summed E-state index contributed by atoms with van der Waals surface area (Å²) in [6.07, 6.45) is 0. The predicted molar refractivity (Wildman–Crippen MR) is 49.9 cm³/mol. The number of thioether (sulfide) groups is 1. The van der Waals surface area contributed by atoms with Crippen LogP contribution in [0.4, 0.5) is 0 Å². The van der Waals surface area contributed by atoms with Crippen LogP contribution in [-0.4, -0.2) is 5.75 Å². The van der Waals surface area contributed by atoms with Gasteiger partial charge in [-0.1, -0.05) is 19.9 Å². The van der Waals surface area contributed by atoms with Crippen LogP contribution in [0.2, 0.25) is 0 Å². The van der Waals surface area contributed by atoms with Crippen LogP contribution in [0.3, 0.4) is 0 Å². The van der Waals surface area contributed by atoms with E-state index in [4.69, 9.17) is 0 Å². The topological polar surface area (TPSA) is 0 Å². The molecule has 0 aromatic carbocycles. The van der Waals surface area contributed by atoms with Gasteiger partial charge in [-0.15, -0.1) is 23.1 Å². The first-order valence-electron chi connectivity index (χ1n) is 3.45. The molecule has 2 heteroatoms. The molecule has 0 fully saturated rings. The van der Waals surface area contributed by atoms with Crippen molar-refractivity contribution in [3.8, 4) is 0 Å². The van der Waals surface area contributed by atoms with E-state index in [0.29, 0.717) is 0 Å². The Bertz CT molecular complexity index is 165. The van der Waals surface area contributed by atoms with Gasteiger partial charge in [0.2, 0.25) is 0 Å². The standard InChI is InChI=1S/C8H12S2/c1-7(2)6-10-8-4-3-5-9-8/h3-5,7H,6H2,1-2H3. The number of thiophene rings is 1. The van der Waals surface area contributed by atoms with Crippen molar-refractivity contribution in [2.45, 2.75) is 18.1 Å². The van der Waals surface area contributed by atoms with Crippen molar-refractivity contribution in [3.63, 3.8) is 0 Å². The Morgan fingerprint density at radius 1 is 1.60 bits per heavy atom. The highest BCUT2D eigenvalue weighted by atomic mass is 32.2. The average Bonchev–Trinajstić information content (AvgIpc) is 2.34. The number of rotatable bonds is 3. The van der Waals surface area contributed by atoms with E-state index in [9.17, 15) is 0 Å². The highest BCUT2D eigenvalue weighted by Gasteiger charge is 1.96. The van der Waals surface area contributed by atoms with Crippen LogP contribution in [0.1, 0.15) is 13.8 Å². The van der Waals surface area contributed by atoms with E-state index in [1.165, 1.54) is 9.96 Å². The van der Waals surface area contributed by atoms with Crippen molar-refractivity contribution in [1.82, 2.24) is 0 Å². The SMILES string of the molecule is CC(C)CSc1cccs1. The molecule has 0 saturated carbocycles. The maximum atomic E-state index is 2.25. The molecule has 0 radical (unpaired) electrons. The largest absolute Gasteiger partial charge is 0.137 e. The molecule has 0 atom stereocenters. The minimum Gasteiger partial charge on any atom is -0.137 e. The molecule has 0 unspecified atom stereocenters. The van der Waals surface area contributed by atoms with Gasteiger partial charge in [0.05, 0.1) is 4.21 Å². The minimum atomic E-state index is 0.798. The van der Waals surface area contributed by atoms with Gasteiger partial charge in [0.25, 0.3) is 0 Å². The van der Waals surface area contributed by atoms with Crippen LogP contribution in [0, 0.1) is 5.92 Å². The van der Waals surface area contributed by atoms with E-state index in [-0.39, 0.29) is 0 Å². The second-order valence-electron chi connectivity index (χ2n) is 2.64. The normalized spacial score (nSPS) is 10.7. The summed E-state index contributed by atoms with van der Waals surface area (Å²) in [6.45, 7) is 4.50. The fourth-order valence-corrected chi connectivity index (χ4v) is 2.36. The highest BCUT2D eigenvalue weighted by Crippen LogP contribution is 2.24. The molecule has 1 rings (SSSR count). The van der Waals surface area contributed by atoms with Gasteiger partial charge in [-0.25, -0.2) is 0 Å². The first-order chi connectivity index (χ1) is 4.79. The molecule has 0 aliphatic rings. The lowest BCUT2D eigenvalue weighted by molar-refractivity contribution is 0.750. The van der Waals surface area contributed by atoms with Gasteiger partial charge in [-0.3, -0.25) is 0 Å². The van der Waals surface area contributed by atoms with E-state index in [1.807, 2.05) is 23.1 Å². The van der Waals surface area contributed by atoms with Crippen molar-refractivity contribution >= 4 is 23.1 Å². The predicted octanol–water partition coefficient (Wildman–Crippen LogP) is 3.50. The Morgan fingerprint density at radius 2 is 2.40 bits per heavy atom. The van der Waals surface area contributed by atoms with Gasteiger partial charge in [0.1, 0.15) is 0 Å². The van der Waals surface area contributed by atoms with Crippen LogP contribution in [0.5, 0.6) is 0 Å². The van der Waals surface area contributed by atoms with Crippen molar-refractivity contribution in [1.29, 1.82) is 0 Å². The molecule has 0 saturated heterocycles. The maximum Gasteiger partial charge on any atom is 0.0598 e. The molecule has 1 aromatic rings. The third-order valence-corrected chi connectivity index (χ3v) is 3.61. The number of hydrogen-bond acceptors (Lipinski definition) is 2. The molecule has 0 nitrogen and oxygen atoms in total. The molecular weight excluding hydrogens is 160 g/mol. The first kappa shape index (κ1) is 8.15. The van der Waals surface area contributed by atoms with Gasteiger partial charge in [0.15, 0.2) is 0 Å². The van der Waals surface area contributed by atoms with Gasteiger partial charge in [-0.2, -0.15) is 0 Å². The first-order valence-corrected chi connectivity index (χ1v) is 5.32. The van der Waals surface area contributed by atoms with Crippen LogP contribution in [0.25, 0.3) is 0 Å². The fraction of sp³-hybridized carbons (Fsp3) is 0.500. The van der Waals surface area contributed by atoms with Crippen molar-refractivity contribution in [2.24, 2.45) is 5.92 Å². The lowest BCUT2D eigenvalue weighted by Gasteiger charge is -2.00. The lowest BCUT2D eigenvalue weighted by Crippen LogP contribution is -1.88. The lowest BCUT2D eigenvalue weighted by atomic mass is 10.3. The second-order valence-corrected chi connectivity index (χ2v) is 4.90. The van der Waals surface area contributed by atoms with Gasteiger partial charge >= 0.3 is 0 Å². The second kappa shape index (κ2) is 4.04. The van der Waals surface area contributed by atoms with Crippen molar-refractivity contribution in [2.75, 3.05) is 5.75 Å². The van der Waals surface area contributed by atoms with E-state index >= 15 is 0 Å². The Morgan fingerprint density at radius 3 is 2.90 bits per heavy atom. The minimum absolute atomic E-state index is 0.798. The Hall–Kier alpha value is 0.0500. The van der Waals surface area contributed by atoms with Gasteiger partial charge < -0.3 is 0 Å². The summed E-state index contributed by atoms with van der Waals surface area (Å²) in [7, 11) is 0. The van der Waals surface area contributed by atoms with E-state index in [1.54, 1.807) is 0 Å². The third-order valence-electron chi connectivity index (χ3n) is 1.05. The van der Waals surface area contributed by atoms with Crippen LogP contribution < -0.4 is 0 Å². The molecule has 1 aromatic heterocycles. The molecule has 10 heavy (non-hydrogen) atoms. The van der Waals surface area contributed by atoms with Crippen LogP contribution in [-0.2, 0) is 0 Å². The smallest absolute Gasteiger partial charge is 0.0598 e. The molecule has 0 spiro atoms. The molecule has 0 amide bonds. The van der Waals surface area contributed by atoms with Crippen molar-refractivity contribution < 1.29 is 0 Å². The fourth-order valence-electron chi connectivity index (χ4n) is 0.594. The van der Waals surface area contributed by atoms with E-state index in [0.717, 1.165) is 5.92 Å². The van der Waals surface area contributed by atoms with Gasteiger partial charge in [-0.05, 0) is 17.4 Å². The third kappa shape index (κ3) is 2.76. The summed E-state index contributed by atoms with van der Waals surface area (Å²) in [4.78, 5) is 0. The highest BCUT2D eigenvalue weighted by molar-refractivity contribution is 8.01. The summed E-state index contributed by atoms with van der Waals surface area (Å²) in [5.74, 6) is 2.03.